The molecule has 2 atom stereocenters. The molecule has 0 spiro atoms. The molecule has 0 aromatic heterocycles. The zero-order chi connectivity index (χ0) is 13.6. The molecule has 2 aliphatic heterocycles. The summed E-state index contributed by atoms with van der Waals surface area (Å²) in [6.45, 7) is 6.67. The molecular weight excluding hydrogens is 240 g/mol. The van der Waals surface area contributed by atoms with Gasteiger partial charge in [0.25, 0.3) is 0 Å². The second-order valence-electron chi connectivity index (χ2n) is 5.14. The molecule has 0 saturated carbocycles. The second-order valence-corrected chi connectivity index (χ2v) is 5.14. The van der Waals surface area contributed by atoms with E-state index >= 15 is 0 Å². The van der Waals surface area contributed by atoms with Gasteiger partial charge in [-0.2, -0.15) is 5.26 Å². The minimum absolute atomic E-state index is 0.347. The van der Waals surface area contributed by atoms with Gasteiger partial charge in [0.15, 0.2) is 0 Å². The fourth-order valence-electron chi connectivity index (χ4n) is 3.13. The second kappa shape index (κ2) is 4.01. The molecule has 1 aromatic rings. The van der Waals surface area contributed by atoms with Gasteiger partial charge >= 0.3 is 0 Å². The number of ether oxygens (including phenoxy) is 1. The maximum atomic E-state index is 9.42. The average molecular weight is 256 g/mol. The van der Waals surface area contributed by atoms with E-state index in [0.717, 1.165) is 24.3 Å². The maximum Gasteiger partial charge on any atom is 0.137 e. The molecule has 2 aliphatic rings. The van der Waals surface area contributed by atoms with Crippen LogP contribution < -0.4 is 4.74 Å². The van der Waals surface area contributed by atoms with Crippen molar-refractivity contribution in [2.45, 2.75) is 18.9 Å². The van der Waals surface area contributed by atoms with Crippen LogP contribution in [0.2, 0.25) is 0 Å². The van der Waals surface area contributed by atoms with E-state index in [2.05, 4.69) is 12.6 Å². The van der Waals surface area contributed by atoms with E-state index in [0.29, 0.717) is 5.76 Å². The molecule has 0 unspecified atom stereocenters. The average Bonchev–Trinajstić information content (AvgIpc) is 2.68. The third-order valence-electron chi connectivity index (χ3n) is 4.20. The lowest BCUT2D eigenvalue weighted by Gasteiger charge is -2.39. The predicted octanol–water partition coefficient (Wildman–Crippen LogP) is 2.37. The Hall–Kier alpha value is -1.99. The molecule has 4 nitrogen and oxygen atoms in total. The molecule has 0 N–H and O–H groups in total. The number of rotatable bonds is 1. The topological polar surface area (TPSA) is 45.5 Å². The lowest BCUT2D eigenvalue weighted by molar-refractivity contribution is -0.147. The maximum absolute atomic E-state index is 9.42. The summed E-state index contributed by atoms with van der Waals surface area (Å²) in [7, 11) is 1.66. The van der Waals surface area contributed by atoms with Crippen LogP contribution in [0.15, 0.2) is 30.5 Å². The van der Waals surface area contributed by atoms with Gasteiger partial charge in [-0.15, -0.1) is 5.06 Å². The van der Waals surface area contributed by atoms with Gasteiger partial charge in [-0.25, -0.2) is 0 Å². The first-order valence-corrected chi connectivity index (χ1v) is 6.32. The van der Waals surface area contributed by atoms with E-state index in [1.807, 2.05) is 30.2 Å². The Bertz CT molecular complexity index is 590. The van der Waals surface area contributed by atoms with E-state index < -0.39 is 5.54 Å². The highest BCUT2D eigenvalue weighted by molar-refractivity contribution is 5.44. The van der Waals surface area contributed by atoms with Crippen LogP contribution in [0.1, 0.15) is 18.1 Å². The van der Waals surface area contributed by atoms with E-state index in [4.69, 9.17) is 9.57 Å². The SMILES string of the molecule is C=C1ON2CCc3cc(OC)ccc3[C@@]2(C)[C@@H]1C#N. The molecule has 1 saturated heterocycles. The number of benzene rings is 1. The molecule has 0 aliphatic carbocycles. The first kappa shape index (κ1) is 12.1. The van der Waals surface area contributed by atoms with Crippen molar-refractivity contribution in [3.63, 3.8) is 0 Å². The Morgan fingerprint density at radius 1 is 1.58 bits per heavy atom. The van der Waals surface area contributed by atoms with E-state index in [9.17, 15) is 5.26 Å². The van der Waals surface area contributed by atoms with Gasteiger partial charge in [-0.05, 0) is 36.6 Å². The number of hydrogen-bond acceptors (Lipinski definition) is 4. The highest BCUT2D eigenvalue weighted by Crippen LogP contribution is 2.49. The summed E-state index contributed by atoms with van der Waals surface area (Å²) in [6.07, 6.45) is 0.882. The van der Waals surface area contributed by atoms with Crippen LogP contribution in [-0.2, 0) is 16.8 Å². The van der Waals surface area contributed by atoms with Crippen LogP contribution in [0.4, 0.5) is 0 Å². The zero-order valence-electron chi connectivity index (χ0n) is 11.1. The third kappa shape index (κ3) is 1.48. The molecule has 2 heterocycles. The summed E-state index contributed by atoms with van der Waals surface area (Å²) in [5.74, 6) is 1.04. The van der Waals surface area contributed by atoms with Gasteiger partial charge in [0.1, 0.15) is 23.0 Å². The predicted molar refractivity (Wildman–Crippen MR) is 70.1 cm³/mol. The number of hydroxylamine groups is 2. The summed E-state index contributed by atoms with van der Waals surface area (Å²) < 4.78 is 5.27. The van der Waals surface area contributed by atoms with E-state index in [1.54, 1.807) is 7.11 Å². The third-order valence-corrected chi connectivity index (χ3v) is 4.20. The van der Waals surface area contributed by atoms with Gasteiger partial charge in [0.2, 0.25) is 0 Å². The van der Waals surface area contributed by atoms with Gasteiger partial charge in [0.05, 0.1) is 13.2 Å². The Kier molecular flexibility index (Phi) is 2.54. The van der Waals surface area contributed by atoms with Crippen LogP contribution in [0.25, 0.3) is 0 Å². The summed E-state index contributed by atoms with van der Waals surface area (Å²) in [6, 6.07) is 8.34. The van der Waals surface area contributed by atoms with Gasteiger partial charge in [0, 0.05) is 6.54 Å². The lowest BCUT2D eigenvalue weighted by atomic mass is 9.75. The molecular formula is C15H16N2O2. The molecule has 19 heavy (non-hydrogen) atoms. The Morgan fingerprint density at radius 3 is 3.05 bits per heavy atom. The molecule has 1 fully saturated rings. The van der Waals surface area contributed by atoms with Crippen molar-refractivity contribution in [3.05, 3.63) is 41.7 Å². The van der Waals surface area contributed by atoms with Crippen molar-refractivity contribution in [1.82, 2.24) is 5.06 Å². The molecule has 1 aromatic carbocycles. The molecule has 0 amide bonds. The first-order valence-electron chi connectivity index (χ1n) is 6.32. The van der Waals surface area contributed by atoms with E-state index in [-0.39, 0.29) is 5.92 Å². The number of nitrogens with zero attached hydrogens (tertiary/aromatic N) is 2. The molecule has 4 heteroatoms. The normalized spacial score (nSPS) is 29.1. The summed E-state index contributed by atoms with van der Waals surface area (Å²) in [5, 5.41) is 11.3. The number of nitriles is 1. The van der Waals surface area contributed by atoms with Crippen molar-refractivity contribution in [3.8, 4) is 11.8 Å². The van der Waals surface area contributed by atoms with Crippen molar-refractivity contribution in [1.29, 1.82) is 5.26 Å². The fourth-order valence-corrected chi connectivity index (χ4v) is 3.13. The van der Waals surface area contributed by atoms with Gasteiger partial charge < -0.3 is 9.57 Å². The molecule has 0 radical (unpaired) electrons. The summed E-state index contributed by atoms with van der Waals surface area (Å²) in [4.78, 5) is 5.67. The first-order chi connectivity index (χ1) is 9.11. The molecule has 0 bridgehead atoms. The number of methoxy groups -OCH3 is 1. The number of fused-ring (bicyclic) bond motifs is 3. The van der Waals surface area contributed by atoms with Crippen LogP contribution in [-0.4, -0.2) is 18.7 Å². The van der Waals surface area contributed by atoms with Gasteiger partial charge in [-0.3, -0.25) is 0 Å². The highest BCUT2D eigenvalue weighted by atomic mass is 16.7. The number of hydrogen-bond donors (Lipinski definition) is 0. The van der Waals surface area contributed by atoms with Crippen LogP contribution >= 0.6 is 0 Å². The quantitative estimate of drug-likeness (QED) is 0.774. The van der Waals surface area contributed by atoms with Crippen LogP contribution in [0.3, 0.4) is 0 Å². The van der Waals surface area contributed by atoms with Crippen LogP contribution in [0, 0.1) is 17.2 Å². The van der Waals surface area contributed by atoms with Crippen molar-refractivity contribution in [2.24, 2.45) is 5.92 Å². The highest BCUT2D eigenvalue weighted by Gasteiger charge is 2.54. The Balaban J connectivity index is 2.16. The Labute approximate surface area is 112 Å². The summed E-state index contributed by atoms with van der Waals surface area (Å²) in [5.41, 5.74) is 1.90. The van der Waals surface area contributed by atoms with Crippen molar-refractivity contribution >= 4 is 0 Å². The summed E-state index contributed by atoms with van der Waals surface area (Å²) >= 11 is 0. The minimum Gasteiger partial charge on any atom is -0.497 e. The molecule has 3 rings (SSSR count). The minimum atomic E-state index is -0.453. The monoisotopic (exact) mass is 256 g/mol. The lowest BCUT2D eigenvalue weighted by Crippen LogP contribution is -2.46. The zero-order valence-corrected chi connectivity index (χ0v) is 11.1. The van der Waals surface area contributed by atoms with Gasteiger partial charge in [-0.1, -0.05) is 12.6 Å². The Morgan fingerprint density at radius 2 is 2.37 bits per heavy atom. The van der Waals surface area contributed by atoms with Crippen LogP contribution in [0.5, 0.6) is 5.75 Å². The largest absolute Gasteiger partial charge is 0.497 e. The van der Waals surface area contributed by atoms with E-state index in [1.165, 1.54) is 5.56 Å². The van der Waals surface area contributed by atoms with Crippen molar-refractivity contribution in [2.75, 3.05) is 13.7 Å². The smallest absolute Gasteiger partial charge is 0.137 e. The standard InChI is InChI=1S/C15H16N2O2/c1-10-14(9-16)15(2)13-5-4-12(18-3)8-11(13)6-7-17(15)19-10/h4-5,8,14H,1,6-7H2,2-3H3/t14-,15+/m1/s1. The fraction of sp³-hybridized carbons (Fsp3) is 0.400. The molecule has 98 valence electrons. The van der Waals surface area contributed by atoms with Crippen molar-refractivity contribution < 1.29 is 9.57 Å².